The van der Waals surface area contributed by atoms with Crippen LogP contribution in [0.25, 0.3) is 0 Å². The molecule has 0 bridgehead atoms. The summed E-state index contributed by atoms with van der Waals surface area (Å²) in [5.41, 5.74) is -0.155. The van der Waals surface area contributed by atoms with E-state index in [0.29, 0.717) is 4.47 Å². The number of halogens is 2. The Hall–Kier alpha value is -0.170. The van der Waals surface area contributed by atoms with E-state index in [1.54, 1.807) is 0 Å². The summed E-state index contributed by atoms with van der Waals surface area (Å²) in [6.45, 7) is 8.17. The van der Waals surface area contributed by atoms with Crippen LogP contribution in [-0.2, 0) is 10.0 Å². The molecule has 4 nitrogen and oxygen atoms in total. The number of nitrogens with zero attached hydrogens (tertiary/aromatic N) is 1. The first-order chi connectivity index (χ1) is 8.50. The van der Waals surface area contributed by atoms with Gasteiger partial charge in [-0.05, 0) is 32.8 Å². The molecule has 0 amide bonds. The molecule has 2 rings (SSSR count). The molecule has 1 aliphatic carbocycles. The number of hydrogen-bond acceptors (Lipinski definition) is 3. The smallest absolute Gasteiger partial charge is 0.242 e. The van der Waals surface area contributed by atoms with E-state index in [1.165, 1.54) is 12.3 Å². The maximum atomic E-state index is 12.4. The lowest BCUT2D eigenvalue weighted by Crippen LogP contribution is -2.30. The molecule has 1 aromatic heterocycles. The Kier molecular flexibility index (Phi) is 3.54. The van der Waals surface area contributed by atoms with Crippen molar-refractivity contribution in [1.82, 2.24) is 9.71 Å². The van der Waals surface area contributed by atoms with E-state index in [9.17, 15) is 8.42 Å². The van der Waals surface area contributed by atoms with Gasteiger partial charge >= 0.3 is 0 Å². The van der Waals surface area contributed by atoms with Crippen molar-refractivity contribution in [2.24, 2.45) is 10.8 Å². The Bertz CT molecular complexity index is 615. The van der Waals surface area contributed by atoms with Crippen LogP contribution in [0.3, 0.4) is 0 Å². The van der Waals surface area contributed by atoms with Crippen molar-refractivity contribution in [2.45, 2.75) is 38.6 Å². The van der Waals surface area contributed by atoms with Gasteiger partial charge in [0.2, 0.25) is 10.0 Å². The number of aromatic nitrogens is 1. The maximum Gasteiger partial charge on any atom is 0.243 e. The number of hydrogen-bond donors (Lipinski definition) is 1. The van der Waals surface area contributed by atoms with Crippen LogP contribution in [0.4, 0.5) is 0 Å². The first kappa shape index (κ1) is 15.2. The van der Waals surface area contributed by atoms with Gasteiger partial charge in [0, 0.05) is 16.7 Å². The molecular formula is C12H16BrClN2O2S. The molecule has 7 heteroatoms. The standard InChI is InChI=1S/C12H16BrClN2O2S/c1-11(2)10(12(11,3)4)16-19(17,18)8-5-7(13)6-15-9(8)14/h5-6,10,16H,1-4H3. The third-order valence-corrected chi connectivity index (χ3v) is 6.64. The zero-order valence-corrected chi connectivity index (χ0v) is 14.3. The number of pyridine rings is 1. The maximum absolute atomic E-state index is 12.4. The normalized spacial score (nSPS) is 21.4. The second-order valence-corrected chi connectivity index (χ2v) is 8.90. The van der Waals surface area contributed by atoms with Crippen LogP contribution in [0.2, 0.25) is 5.15 Å². The second kappa shape index (κ2) is 4.41. The number of rotatable bonds is 3. The summed E-state index contributed by atoms with van der Waals surface area (Å²) in [5.74, 6) is 0. The lowest BCUT2D eigenvalue weighted by molar-refractivity contribution is 0.457. The van der Waals surface area contributed by atoms with Gasteiger partial charge in [0.1, 0.15) is 10.0 Å². The van der Waals surface area contributed by atoms with E-state index >= 15 is 0 Å². The highest BCUT2D eigenvalue weighted by atomic mass is 79.9. The monoisotopic (exact) mass is 366 g/mol. The minimum atomic E-state index is -3.67. The molecule has 0 saturated heterocycles. The summed E-state index contributed by atoms with van der Waals surface area (Å²) in [7, 11) is -3.67. The summed E-state index contributed by atoms with van der Waals surface area (Å²) < 4.78 is 28.0. The average Bonchev–Trinajstić information content (AvgIpc) is 2.64. The van der Waals surface area contributed by atoms with Gasteiger partial charge in [-0.25, -0.2) is 18.1 Å². The largest absolute Gasteiger partial charge is 0.243 e. The van der Waals surface area contributed by atoms with Gasteiger partial charge in [-0.1, -0.05) is 39.3 Å². The van der Waals surface area contributed by atoms with Crippen LogP contribution in [0, 0.1) is 10.8 Å². The van der Waals surface area contributed by atoms with Crippen molar-refractivity contribution in [2.75, 3.05) is 0 Å². The van der Waals surface area contributed by atoms with Crippen molar-refractivity contribution in [3.05, 3.63) is 21.9 Å². The van der Waals surface area contributed by atoms with Crippen molar-refractivity contribution < 1.29 is 8.42 Å². The molecule has 0 unspecified atom stereocenters. The zero-order valence-electron chi connectivity index (χ0n) is 11.2. The quantitative estimate of drug-likeness (QED) is 0.835. The predicted molar refractivity (Wildman–Crippen MR) is 78.6 cm³/mol. The van der Waals surface area contributed by atoms with Crippen molar-refractivity contribution in [3.8, 4) is 0 Å². The number of sulfonamides is 1. The lowest BCUT2D eigenvalue weighted by Gasteiger charge is -2.09. The Morgan fingerprint density at radius 1 is 1.32 bits per heavy atom. The third kappa shape index (κ3) is 2.44. The van der Waals surface area contributed by atoms with E-state index in [0.717, 1.165) is 0 Å². The van der Waals surface area contributed by atoms with Crippen LogP contribution < -0.4 is 4.72 Å². The molecule has 106 valence electrons. The highest BCUT2D eigenvalue weighted by molar-refractivity contribution is 9.10. The molecule has 1 aromatic rings. The first-order valence-corrected chi connectivity index (χ1v) is 8.49. The lowest BCUT2D eigenvalue weighted by atomic mass is 10.0. The molecule has 0 aromatic carbocycles. The van der Waals surface area contributed by atoms with Gasteiger partial charge in [-0.3, -0.25) is 0 Å². The van der Waals surface area contributed by atoms with Gasteiger partial charge in [0.15, 0.2) is 0 Å². The Labute approximate surface area is 127 Å². The highest BCUT2D eigenvalue weighted by Gasteiger charge is 2.66. The molecular weight excluding hydrogens is 352 g/mol. The second-order valence-electron chi connectivity index (χ2n) is 5.94. The van der Waals surface area contributed by atoms with Crippen molar-refractivity contribution >= 4 is 37.6 Å². The van der Waals surface area contributed by atoms with E-state index in [1.807, 2.05) is 27.7 Å². The Morgan fingerprint density at radius 3 is 2.32 bits per heavy atom. The van der Waals surface area contributed by atoms with Crippen molar-refractivity contribution in [3.63, 3.8) is 0 Å². The average molecular weight is 368 g/mol. The summed E-state index contributed by atoms with van der Waals surface area (Å²) in [4.78, 5) is 3.85. The summed E-state index contributed by atoms with van der Waals surface area (Å²) >= 11 is 9.08. The molecule has 0 spiro atoms. The van der Waals surface area contributed by atoms with Crippen LogP contribution in [0.5, 0.6) is 0 Å². The molecule has 0 atom stereocenters. The Morgan fingerprint density at radius 2 is 1.84 bits per heavy atom. The van der Waals surface area contributed by atoms with Gasteiger partial charge in [0.25, 0.3) is 0 Å². The molecule has 19 heavy (non-hydrogen) atoms. The minimum absolute atomic E-state index is 0.00189. The van der Waals surface area contributed by atoms with Crippen LogP contribution in [0.15, 0.2) is 21.6 Å². The summed E-state index contributed by atoms with van der Waals surface area (Å²) in [6.07, 6.45) is 1.46. The minimum Gasteiger partial charge on any atom is -0.242 e. The van der Waals surface area contributed by atoms with Gasteiger partial charge in [-0.15, -0.1) is 0 Å². The van der Waals surface area contributed by atoms with Crippen LogP contribution in [0.1, 0.15) is 27.7 Å². The molecule has 1 heterocycles. The molecule has 1 saturated carbocycles. The van der Waals surface area contributed by atoms with E-state index in [2.05, 4.69) is 25.6 Å². The van der Waals surface area contributed by atoms with Gasteiger partial charge < -0.3 is 0 Å². The van der Waals surface area contributed by atoms with Crippen LogP contribution >= 0.6 is 27.5 Å². The van der Waals surface area contributed by atoms with E-state index in [4.69, 9.17) is 11.6 Å². The fraction of sp³-hybridized carbons (Fsp3) is 0.583. The molecule has 1 N–H and O–H groups in total. The SMILES string of the molecule is CC1(C)C(NS(=O)(=O)c2cc(Br)cnc2Cl)C1(C)C. The molecule has 1 fully saturated rings. The fourth-order valence-corrected chi connectivity index (χ4v) is 4.78. The van der Waals surface area contributed by atoms with Gasteiger partial charge in [0.05, 0.1) is 0 Å². The predicted octanol–water partition coefficient (Wildman–Crippen LogP) is 3.21. The van der Waals surface area contributed by atoms with Crippen molar-refractivity contribution in [1.29, 1.82) is 0 Å². The Balaban J connectivity index is 2.33. The zero-order chi connectivity index (χ0) is 14.6. The van der Waals surface area contributed by atoms with E-state index < -0.39 is 10.0 Å². The van der Waals surface area contributed by atoms with Crippen LogP contribution in [-0.4, -0.2) is 19.4 Å². The highest BCUT2D eigenvalue weighted by Crippen LogP contribution is 2.63. The molecule has 0 radical (unpaired) electrons. The van der Waals surface area contributed by atoms with Gasteiger partial charge in [-0.2, -0.15) is 0 Å². The number of nitrogens with one attached hydrogen (secondary N) is 1. The molecule has 0 aliphatic heterocycles. The topological polar surface area (TPSA) is 59.1 Å². The third-order valence-electron chi connectivity index (χ3n) is 4.36. The van der Waals surface area contributed by atoms with E-state index in [-0.39, 0.29) is 26.9 Å². The fourth-order valence-electron chi connectivity index (χ4n) is 2.30. The summed E-state index contributed by atoms with van der Waals surface area (Å²) in [6, 6.07) is 1.35. The summed E-state index contributed by atoms with van der Waals surface area (Å²) in [5, 5.41) is -0.0213. The first-order valence-electron chi connectivity index (χ1n) is 5.83. The molecule has 1 aliphatic rings.